The minimum Gasteiger partial charge on any atom is -0.496 e. The molecule has 0 radical (unpaired) electrons. The van der Waals surface area contributed by atoms with Crippen molar-refractivity contribution >= 4 is 43.2 Å². The normalized spacial score (nSPS) is 11.0. The summed E-state index contributed by atoms with van der Waals surface area (Å²) in [4.78, 5) is 12.4. The van der Waals surface area contributed by atoms with Gasteiger partial charge in [0.15, 0.2) is 0 Å². The number of anilines is 2. The van der Waals surface area contributed by atoms with Crippen molar-refractivity contribution in [2.45, 2.75) is 4.90 Å². The van der Waals surface area contributed by atoms with Gasteiger partial charge in [-0.15, -0.1) is 0 Å². The van der Waals surface area contributed by atoms with E-state index in [9.17, 15) is 17.6 Å². The number of benzene rings is 4. The largest absolute Gasteiger partial charge is 0.496 e. The van der Waals surface area contributed by atoms with Crippen molar-refractivity contribution in [1.82, 2.24) is 5.32 Å². The number of methoxy groups -OCH3 is 2. The van der Waals surface area contributed by atoms with Gasteiger partial charge in [0.1, 0.15) is 22.2 Å². The second-order valence-electron chi connectivity index (χ2n) is 8.56. The van der Waals surface area contributed by atoms with Gasteiger partial charge in [0.2, 0.25) is 0 Å². The molecule has 0 aliphatic carbocycles. The highest BCUT2D eigenvalue weighted by molar-refractivity contribution is 9.10. The first-order valence-corrected chi connectivity index (χ1v) is 14.4. The highest BCUT2D eigenvalue weighted by Gasteiger charge is 2.22. The van der Waals surface area contributed by atoms with Crippen LogP contribution in [0.4, 0.5) is 15.8 Å². The van der Waals surface area contributed by atoms with Gasteiger partial charge in [0.05, 0.1) is 25.5 Å². The summed E-state index contributed by atoms with van der Waals surface area (Å²) in [6, 6.07) is 22.5. The highest BCUT2D eigenvalue weighted by atomic mass is 79.9. The standard InChI is InChI=1S/C29H27BrFN3O5S/c1-38-26-13-11-20(30)17-24(26)29(35)33-15-14-32-21-6-5-7-22(18-21)34-40(36,37)28-16-19(10-12-27(28)39-2)23-8-3-4-9-25(23)31/h3-13,16-18,32,34H,14-15H2,1-2H3,(H,33,35). The molecule has 0 bridgehead atoms. The van der Waals surface area contributed by atoms with Crippen LogP contribution in [-0.4, -0.2) is 41.6 Å². The lowest BCUT2D eigenvalue weighted by Gasteiger charge is -2.15. The summed E-state index contributed by atoms with van der Waals surface area (Å²) in [5.74, 6) is -0.160. The average molecular weight is 629 g/mol. The maximum atomic E-state index is 14.4. The smallest absolute Gasteiger partial charge is 0.265 e. The fraction of sp³-hybridized carbons (Fsp3) is 0.138. The number of halogens is 2. The van der Waals surface area contributed by atoms with E-state index in [0.717, 1.165) is 4.47 Å². The number of rotatable bonds is 11. The van der Waals surface area contributed by atoms with Gasteiger partial charge in [0, 0.05) is 28.8 Å². The summed E-state index contributed by atoms with van der Waals surface area (Å²) < 4.78 is 54.9. The number of ether oxygens (including phenoxy) is 2. The van der Waals surface area contributed by atoms with Crippen molar-refractivity contribution < 1.29 is 27.1 Å². The van der Waals surface area contributed by atoms with Crippen LogP contribution in [0.2, 0.25) is 0 Å². The molecule has 40 heavy (non-hydrogen) atoms. The van der Waals surface area contributed by atoms with E-state index in [1.165, 1.54) is 32.4 Å². The van der Waals surface area contributed by atoms with Crippen molar-refractivity contribution in [3.8, 4) is 22.6 Å². The molecule has 4 aromatic carbocycles. The van der Waals surface area contributed by atoms with E-state index in [1.54, 1.807) is 66.7 Å². The Morgan fingerprint density at radius 3 is 2.33 bits per heavy atom. The lowest BCUT2D eigenvalue weighted by molar-refractivity contribution is 0.0952. The first-order valence-electron chi connectivity index (χ1n) is 12.1. The molecule has 0 atom stereocenters. The van der Waals surface area contributed by atoms with Crippen molar-refractivity contribution in [3.63, 3.8) is 0 Å². The molecular weight excluding hydrogens is 601 g/mol. The summed E-state index contributed by atoms with van der Waals surface area (Å²) in [6.45, 7) is 0.696. The van der Waals surface area contributed by atoms with Crippen molar-refractivity contribution in [3.05, 3.63) is 101 Å². The molecule has 0 heterocycles. The minimum atomic E-state index is -4.09. The van der Waals surface area contributed by atoms with Gasteiger partial charge in [-0.2, -0.15) is 0 Å². The summed E-state index contributed by atoms with van der Waals surface area (Å²) >= 11 is 3.35. The number of hydrogen-bond donors (Lipinski definition) is 3. The van der Waals surface area contributed by atoms with Crippen LogP contribution in [-0.2, 0) is 10.0 Å². The summed E-state index contributed by atoms with van der Waals surface area (Å²) in [5, 5.41) is 5.99. The van der Waals surface area contributed by atoms with Crippen LogP contribution in [0.5, 0.6) is 11.5 Å². The van der Waals surface area contributed by atoms with Gasteiger partial charge in [-0.25, -0.2) is 12.8 Å². The van der Waals surface area contributed by atoms with E-state index >= 15 is 0 Å². The number of nitrogens with one attached hydrogen (secondary N) is 3. The Hall–Kier alpha value is -4.09. The first kappa shape index (κ1) is 28.9. The quantitative estimate of drug-likeness (QED) is 0.178. The Labute approximate surface area is 240 Å². The monoisotopic (exact) mass is 627 g/mol. The average Bonchev–Trinajstić information content (AvgIpc) is 2.95. The van der Waals surface area contributed by atoms with Crippen LogP contribution in [0.1, 0.15) is 10.4 Å². The molecule has 0 saturated carbocycles. The number of amides is 1. The van der Waals surface area contributed by atoms with Crippen LogP contribution in [0.25, 0.3) is 11.1 Å². The molecule has 0 aliphatic heterocycles. The van der Waals surface area contributed by atoms with Gasteiger partial charge < -0.3 is 20.1 Å². The molecule has 0 spiro atoms. The molecular formula is C29H27BrFN3O5S. The second-order valence-corrected chi connectivity index (χ2v) is 11.1. The molecule has 4 rings (SSSR count). The zero-order valence-corrected chi connectivity index (χ0v) is 24.1. The van der Waals surface area contributed by atoms with Gasteiger partial charge in [-0.05, 0) is 60.2 Å². The molecule has 4 aromatic rings. The summed E-state index contributed by atoms with van der Waals surface area (Å²) in [7, 11) is -1.22. The van der Waals surface area contributed by atoms with E-state index in [1.807, 2.05) is 0 Å². The maximum Gasteiger partial charge on any atom is 0.265 e. The number of carbonyl (C=O) groups is 1. The van der Waals surface area contributed by atoms with E-state index in [2.05, 4.69) is 31.3 Å². The number of sulfonamides is 1. The number of hydrogen-bond acceptors (Lipinski definition) is 6. The third kappa shape index (κ3) is 6.91. The zero-order valence-electron chi connectivity index (χ0n) is 21.7. The van der Waals surface area contributed by atoms with Crippen LogP contribution in [0, 0.1) is 5.82 Å². The molecule has 1 amide bonds. The summed E-state index contributed by atoms with van der Waals surface area (Å²) in [6.07, 6.45) is 0. The minimum absolute atomic E-state index is 0.125. The second kappa shape index (κ2) is 12.8. The van der Waals surface area contributed by atoms with E-state index in [4.69, 9.17) is 9.47 Å². The Morgan fingerprint density at radius 2 is 1.57 bits per heavy atom. The molecule has 0 aliphatic rings. The van der Waals surface area contributed by atoms with E-state index in [0.29, 0.717) is 41.3 Å². The van der Waals surface area contributed by atoms with Crippen molar-refractivity contribution in [1.29, 1.82) is 0 Å². The lowest BCUT2D eigenvalue weighted by Crippen LogP contribution is -2.29. The van der Waals surface area contributed by atoms with E-state index < -0.39 is 15.8 Å². The van der Waals surface area contributed by atoms with Crippen LogP contribution in [0.3, 0.4) is 0 Å². The van der Waals surface area contributed by atoms with Gasteiger partial charge >= 0.3 is 0 Å². The Morgan fingerprint density at radius 1 is 0.850 bits per heavy atom. The molecule has 0 unspecified atom stereocenters. The number of carbonyl (C=O) groups excluding carboxylic acids is 1. The molecule has 0 fully saturated rings. The molecule has 0 aromatic heterocycles. The van der Waals surface area contributed by atoms with Crippen LogP contribution < -0.4 is 24.8 Å². The van der Waals surface area contributed by atoms with Gasteiger partial charge in [-0.1, -0.05) is 46.3 Å². The first-order chi connectivity index (χ1) is 19.2. The fourth-order valence-electron chi connectivity index (χ4n) is 3.99. The molecule has 0 saturated heterocycles. The predicted molar refractivity (Wildman–Crippen MR) is 157 cm³/mol. The third-order valence-corrected chi connectivity index (χ3v) is 7.79. The van der Waals surface area contributed by atoms with E-state index in [-0.39, 0.29) is 22.1 Å². The maximum absolute atomic E-state index is 14.4. The van der Waals surface area contributed by atoms with Crippen molar-refractivity contribution in [2.24, 2.45) is 0 Å². The Balaban J connectivity index is 1.43. The molecule has 3 N–H and O–H groups in total. The van der Waals surface area contributed by atoms with Gasteiger partial charge in [-0.3, -0.25) is 9.52 Å². The Kier molecular flexibility index (Phi) is 9.28. The lowest BCUT2D eigenvalue weighted by atomic mass is 10.1. The molecule has 11 heteroatoms. The molecule has 208 valence electrons. The SMILES string of the molecule is COc1ccc(Br)cc1C(=O)NCCNc1cccc(NS(=O)(=O)c2cc(-c3ccccc3F)ccc2OC)c1. The van der Waals surface area contributed by atoms with Gasteiger partial charge in [0.25, 0.3) is 15.9 Å². The highest BCUT2D eigenvalue weighted by Crippen LogP contribution is 2.32. The predicted octanol–water partition coefficient (Wildman–Crippen LogP) is 5.92. The summed E-state index contributed by atoms with van der Waals surface area (Å²) in [5.41, 5.74) is 2.03. The van der Waals surface area contributed by atoms with Crippen LogP contribution in [0.15, 0.2) is 94.3 Å². The van der Waals surface area contributed by atoms with Crippen molar-refractivity contribution in [2.75, 3.05) is 37.3 Å². The Bertz CT molecular complexity index is 1630. The fourth-order valence-corrected chi connectivity index (χ4v) is 5.59. The molecule has 8 nitrogen and oxygen atoms in total. The zero-order chi connectivity index (χ0) is 28.7. The third-order valence-electron chi connectivity index (χ3n) is 5.90. The van der Waals surface area contributed by atoms with Crippen LogP contribution >= 0.6 is 15.9 Å². The topological polar surface area (TPSA) is 106 Å².